The van der Waals surface area contributed by atoms with Crippen LogP contribution < -0.4 is 5.32 Å². The van der Waals surface area contributed by atoms with Gasteiger partial charge in [0.25, 0.3) is 0 Å². The number of nitrogens with zero attached hydrogens (tertiary/aromatic N) is 2. The Morgan fingerprint density at radius 2 is 1.94 bits per heavy atom. The predicted octanol–water partition coefficient (Wildman–Crippen LogP) is 0.439. The molecule has 1 atom stereocenters. The van der Waals surface area contributed by atoms with Crippen LogP contribution in [-0.4, -0.2) is 43.2 Å². The average Bonchev–Trinajstić information content (AvgIpc) is 2.96. The van der Waals surface area contributed by atoms with E-state index in [1.54, 1.807) is 0 Å². The molecule has 1 aromatic rings. The molecule has 18 heavy (non-hydrogen) atoms. The number of nitrogens with one attached hydrogen (secondary N) is 1. The van der Waals surface area contributed by atoms with Crippen LogP contribution in [-0.2, 0) is 9.84 Å². The number of aromatic nitrogens is 2. The zero-order valence-electron chi connectivity index (χ0n) is 10.1. The first-order valence-electron chi connectivity index (χ1n) is 6.39. The minimum absolute atomic E-state index is 0.0748. The van der Waals surface area contributed by atoms with E-state index in [-0.39, 0.29) is 17.4 Å². The molecule has 2 aliphatic rings. The lowest BCUT2D eigenvalue weighted by molar-refractivity contribution is 0.317. The highest BCUT2D eigenvalue weighted by Gasteiger charge is 2.33. The van der Waals surface area contributed by atoms with Crippen molar-refractivity contribution in [2.24, 2.45) is 0 Å². The van der Waals surface area contributed by atoms with Crippen LogP contribution in [0.1, 0.15) is 42.8 Å². The SMILES string of the molecule is O=S1(=O)CCC(c2noc(C3CCNCC3)n2)C1. The molecule has 0 radical (unpaired) electrons. The average molecular weight is 271 g/mol. The van der Waals surface area contributed by atoms with Gasteiger partial charge in [-0.05, 0) is 32.4 Å². The van der Waals surface area contributed by atoms with Gasteiger partial charge in [0.1, 0.15) is 0 Å². The number of rotatable bonds is 2. The molecule has 3 heterocycles. The summed E-state index contributed by atoms with van der Waals surface area (Å²) in [5, 5.41) is 7.26. The van der Waals surface area contributed by atoms with Crippen molar-refractivity contribution in [2.45, 2.75) is 31.1 Å². The Hall–Kier alpha value is -0.950. The van der Waals surface area contributed by atoms with Gasteiger partial charge in [0.05, 0.1) is 11.5 Å². The van der Waals surface area contributed by atoms with Crippen molar-refractivity contribution in [1.82, 2.24) is 15.5 Å². The van der Waals surface area contributed by atoms with Crippen molar-refractivity contribution in [3.63, 3.8) is 0 Å². The first kappa shape index (κ1) is 12.1. The molecule has 0 saturated carbocycles. The molecular formula is C11H17N3O3S. The van der Waals surface area contributed by atoms with E-state index in [9.17, 15) is 8.42 Å². The molecule has 100 valence electrons. The van der Waals surface area contributed by atoms with Crippen LogP contribution in [0.5, 0.6) is 0 Å². The maximum Gasteiger partial charge on any atom is 0.229 e. The highest BCUT2D eigenvalue weighted by atomic mass is 32.2. The molecule has 6 nitrogen and oxygen atoms in total. The van der Waals surface area contributed by atoms with E-state index in [0.717, 1.165) is 25.9 Å². The molecule has 0 amide bonds. The lowest BCUT2D eigenvalue weighted by Crippen LogP contribution is -2.26. The third-order valence-electron chi connectivity index (χ3n) is 3.74. The Kier molecular flexibility index (Phi) is 3.11. The van der Waals surface area contributed by atoms with Gasteiger partial charge in [0, 0.05) is 11.8 Å². The smallest absolute Gasteiger partial charge is 0.229 e. The molecule has 1 unspecified atom stereocenters. The number of hydrogen-bond acceptors (Lipinski definition) is 6. The lowest BCUT2D eigenvalue weighted by atomic mass is 9.98. The van der Waals surface area contributed by atoms with Gasteiger partial charge in [-0.25, -0.2) is 8.42 Å². The summed E-state index contributed by atoms with van der Waals surface area (Å²) in [6.45, 7) is 1.94. The molecule has 0 spiro atoms. The molecule has 1 N–H and O–H groups in total. The fraction of sp³-hybridized carbons (Fsp3) is 0.818. The quantitative estimate of drug-likeness (QED) is 0.840. The standard InChI is InChI=1S/C11H17N3O3S/c15-18(16)6-3-9(7-18)10-13-11(17-14-10)8-1-4-12-5-2-8/h8-9,12H,1-7H2. The Morgan fingerprint density at radius 3 is 2.61 bits per heavy atom. The van der Waals surface area contributed by atoms with Crippen molar-refractivity contribution in [3.8, 4) is 0 Å². The van der Waals surface area contributed by atoms with Gasteiger partial charge in [0.15, 0.2) is 15.7 Å². The van der Waals surface area contributed by atoms with E-state index >= 15 is 0 Å². The molecule has 0 bridgehead atoms. The van der Waals surface area contributed by atoms with Crippen LogP contribution >= 0.6 is 0 Å². The van der Waals surface area contributed by atoms with E-state index in [0.29, 0.717) is 24.1 Å². The largest absolute Gasteiger partial charge is 0.339 e. The van der Waals surface area contributed by atoms with E-state index < -0.39 is 9.84 Å². The van der Waals surface area contributed by atoms with Crippen molar-refractivity contribution in [3.05, 3.63) is 11.7 Å². The topological polar surface area (TPSA) is 85.1 Å². The lowest BCUT2D eigenvalue weighted by Gasteiger charge is -2.18. The van der Waals surface area contributed by atoms with Gasteiger partial charge < -0.3 is 9.84 Å². The van der Waals surface area contributed by atoms with E-state index in [2.05, 4.69) is 15.5 Å². The molecular weight excluding hydrogens is 254 g/mol. The Balaban J connectivity index is 1.73. The van der Waals surface area contributed by atoms with Gasteiger partial charge in [-0.3, -0.25) is 0 Å². The maximum absolute atomic E-state index is 11.4. The van der Waals surface area contributed by atoms with Crippen LogP contribution in [0.15, 0.2) is 4.52 Å². The maximum atomic E-state index is 11.4. The molecule has 1 aromatic heterocycles. The Labute approximate surface area is 106 Å². The minimum Gasteiger partial charge on any atom is -0.339 e. The molecule has 0 aromatic carbocycles. The van der Waals surface area contributed by atoms with E-state index in [4.69, 9.17) is 4.52 Å². The Bertz CT molecular complexity index is 519. The summed E-state index contributed by atoms with van der Waals surface area (Å²) >= 11 is 0. The van der Waals surface area contributed by atoms with E-state index in [1.807, 2.05) is 0 Å². The highest BCUT2D eigenvalue weighted by Crippen LogP contribution is 2.29. The molecule has 2 aliphatic heterocycles. The van der Waals surface area contributed by atoms with Crippen molar-refractivity contribution < 1.29 is 12.9 Å². The van der Waals surface area contributed by atoms with Crippen LogP contribution in [0.3, 0.4) is 0 Å². The van der Waals surface area contributed by atoms with Crippen LogP contribution in [0.4, 0.5) is 0 Å². The van der Waals surface area contributed by atoms with Gasteiger partial charge in [-0.15, -0.1) is 0 Å². The normalized spacial score (nSPS) is 28.6. The fourth-order valence-electron chi connectivity index (χ4n) is 2.65. The summed E-state index contributed by atoms with van der Waals surface area (Å²) in [5.41, 5.74) is 0. The minimum atomic E-state index is -2.89. The molecule has 2 fully saturated rings. The number of piperidine rings is 1. The molecule has 7 heteroatoms. The summed E-state index contributed by atoms with van der Waals surface area (Å²) in [7, 11) is -2.89. The fourth-order valence-corrected chi connectivity index (χ4v) is 4.39. The van der Waals surface area contributed by atoms with Gasteiger partial charge >= 0.3 is 0 Å². The molecule has 0 aliphatic carbocycles. The zero-order valence-corrected chi connectivity index (χ0v) is 10.9. The summed E-state index contributed by atoms with van der Waals surface area (Å²) in [6, 6.07) is 0. The van der Waals surface area contributed by atoms with Crippen molar-refractivity contribution >= 4 is 9.84 Å². The Morgan fingerprint density at radius 1 is 1.17 bits per heavy atom. The number of sulfone groups is 1. The summed E-state index contributed by atoms with van der Waals surface area (Å²) in [6.07, 6.45) is 2.63. The summed E-state index contributed by atoms with van der Waals surface area (Å²) in [4.78, 5) is 4.41. The molecule has 3 rings (SSSR count). The first-order valence-corrected chi connectivity index (χ1v) is 8.21. The predicted molar refractivity (Wildman–Crippen MR) is 65.2 cm³/mol. The second-order valence-corrected chi connectivity index (χ2v) is 7.34. The second kappa shape index (κ2) is 4.62. The van der Waals surface area contributed by atoms with E-state index in [1.165, 1.54) is 0 Å². The van der Waals surface area contributed by atoms with Crippen molar-refractivity contribution in [2.75, 3.05) is 24.6 Å². The van der Waals surface area contributed by atoms with Crippen LogP contribution in [0.25, 0.3) is 0 Å². The van der Waals surface area contributed by atoms with Crippen LogP contribution in [0.2, 0.25) is 0 Å². The van der Waals surface area contributed by atoms with Crippen molar-refractivity contribution in [1.29, 1.82) is 0 Å². The zero-order chi connectivity index (χ0) is 12.6. The monoisotopic (exact) mass is 271 g/mol. The van der Waals surface area contributed by atoms with Gasteiger partial charge in [-0.1, -0.05) is 5.16 Å². The third kappa shape index (κ3) is 2.42. The number of hydrogen-bond donors (Lipinski definition) is 1. The van der Waals surface area contributed by atoms with Gasteiger partial charge in [-0.2, -0.15) is 4.98 Å². The molecule has 2 saturated heterocycles. The second-order valence-electron chi connectivity index (χ2n) is 5.12. The third-order valence-corrected chi connectivity index (χ3v) is 5.51. The first-order chi connectivity index (χ1) is 8.64. The summed E-state index contributed by atoms with van der Waals surface area (Å²) in [5.74, 6) is 1.91. The highest BCUT2D eigenvalue weighted by molar-refractivity contribution is 7.91. The van der Waals surface area contributed by atoms with Crippen LogP contribution in [0, 0.1) is 0 Å². The summed E-state index contributed by atoms with van der Waals surface area (Å²) < 4.78 is 28.2. The van der Waals surface area contributed by atoms with Gasteiger partial charge in [0.2, 0.25) is 5.89 Å².